The van der Waals surface area contributed by atoms with E-state index in [1.165, 1.54) is 24.3 Å². The molecule has 0 aliphatic heterocycles. The molecule has 0 radical (unpaired) electrons. The van der Waals surface area contributed by atoms with Crippen LogP contribution in [0, 0.1) is 5.82 Å². The standard InChI is InChI=1S/C21H15ClF4N2O4S/c22-18-11-17(33(30,31)28-16-7-3-14(23)4-8-16)9-10-19(18)32-12-20(29)27-15-5-1-13(2-6-15)21(24,25)26/h1-11,28H,12H2,(H,27,29). The van der Waals surface area contributed by atoms with Crippen LogP contribution in [0.15, 0.2) is 71.6 Å². The summed E-state index contributed by atoms with van der Waals surface area (Å²) in [6, 6.07) is 12.1. The number of amides is 1. The Morgan fingerprint density at radius 1 is 0.939 bits per heavy atom. The zero-order valence-corrected chi connectivity index (χ0v) is 18.1. The summed E-state index contributed by atoms with van der Waals surface area (Å²) in [5.41, 5.74) is -0.573. The predicted octanol–water partition coefficient (Wildman–Crippen LogP) is 5.32. The third kappa shape index (κ3) is 6.59. The number of carbonyl (C=O) groups excluding carboxylic acids is 1. The second-order valence-electron chi connectivity index (χ2n) is 6.62. The van der Waals surface area contributed by atoms with Crippen LogP contribution in [0.3, 0.4) is 0 Å². The van der Waals surface area contributed by atoms with Gasteiger partial charge in [-0.2, -0.15) is 13.2 Å². The average Bonchev–Trinajstić information content (AvgIpc) is 2.74. The molecule has 6 nitrogen and oxygen atoms in total. The van der Waals surface area contributed by atoms with Gasteiger partial charge in [-0.1, -0.05) is 11.6 Å². The van der Waals surface area contributed by atoms with E-state index < -0.39 is 40.1 Å². The molecule has 3 aromatic carbocycles. The Kier molecular flexibility index (Phi) is 7.13. The van der Waals surface area contributed by atoms with E-state index in [9.17, 15) is 30.8 Å². The number of hydrogen-bond acceptors (Lipinski definition) is 4. The number of benzene rings is 3. The SMILES string of the molecule is O=C(COc1ccc(S(=O)(=O)Nc2ccc(F)cc2)cc1Cl)Nc1ccc(C(F)(F)F)cc1. The van der Waals surface area contributed by atoms with Gasteiger partial charge < -0.3 is 10.1 Å². The van der Waals surface area contributed by atoms with Gasteiger partial charge in [0.25, 0.3) is 15.9 Å². The van der Waals surface area contributed by atoms with E-state index in [-0.39, 0.29) is 27.0 Å². The van der Waals surface area contributed by atoms with Crippen molar-refractivity contribution in [3.8, 4) is 5.75 Å². The normalized spacial score (nSPS) is 11.7. The average molecular weight is 503 g/mol. The van der Waals surface area contributed by atoms with E-state index in [0.29, 0.717) is 0 Å². The van der Waals surface area contributed by atoms with Crippen LogP contribution in [0.4, 0.5) is 28.9 Å². The van der Waals surface area contributed by atoms with Gasteiger partial charge in [0.2, 0.25) is 0 Å². The highest BCUT2D eigenvalue weighted by Crippen LogP contribution is 2.30. The van der Waals surface area contributed by atoms with Crippen molar-refractivity contribution >= 4 is 38.9 Å². The van der Waals surface area contributed by atoms with Crippen LogP contribution >= 0.6 is 11.6 Å². The van der Waals surface area contributed by atoms with Gasteiger partial charge in [-0.15, -0.1) is 0 Å². The fraction of sp³-hybridized carbons (Fsp3) is 0.0952. The Morgan fingerprint density at radius 3 is 2.12 bits per heavy atom. The Hall–Kier alpha value is -3.31. The zero-order chi connectivity index (χ0) is 24.2. The van der Waals surface area contributed by atoms with Gasteiger partial charge in [0, 0.05) is 11.4 Å². The van der Waals surface area contributed by atoms with Crippen LogP contribution in [0.1, 0.15) is 5.56 Å². The minimum Gasteiger partial charge on any atom is -0.482 e. The van der Waals surface area contributed by atoms with Gasteiger partial charge in [-0.25, -0.2) is 12.8 Å². The van der Waals surface area contributed by atoms with Crippen molar-refractivity contribution in [3.63, 3.8) is 0 Å². The second-order valence-corrected chi connectivity index (χ2v) is 8.71. The lowest BCUT2D eigenvalue weighted by Gasteiger charge is -2.12. The van der Waals surface area contributed by atoms with Crippen LogP contribution in [-0.2, 0) is 21.0 Å². The molecule has 3 aromatic rings. The lowest BCUT2D eigenvalue weighted by Crippen LogP contribution is -2.20. The largest absolute Gasteiger partial charge is 0.482 e. The summed E-state index contributed by atoms with van der Waals surface area (Å²) in [6.07, 6.45) is -4.49. The summed E-state index contributed by atoms with van der Waals surface area (Å²) in [5, 5.41) is 2.27. The van der Waals surface area contributed by atoms with Gasteiger partial charge in [0.1, 0.15) is 11.6 Å². The molecule has 0 unspecified atom stereocenters. The molecule has 0 atom stereocenters. The molecule has 0 saturated carbocycles. The number of ether oxygens (including phenoxy) is 1. The fourth-order valence-corrected chi connectivity index (χ4v) is 3.96. The maximum absolute atomic E-state index is 13.0. The topological polar surface area (TPSA) is 84.5 Å². The first-order valence-electron chi connectivity index (χ1n) is 9.12. The molecule has 2 N–H and O–H groups in total. The molecule has 174 valence electrons. The molecule has 1 amide bonds. The van der Waals surface area contributed by atoms with Crippen molar-refractivity contribution in [2.45, 2.75) is 11.1 Å². The van der Waals surface area contributed by atoms with E-state index in [1.807, 2.05) is 0 Å². The van der Waals surface area contributed by atoms with Crippen LogP contribution in [0.2, 0.25) is 5.02 Å². The van der Waals surface area contributed by atoms with Crippen LogP contribution < -0.4 is 14.8 Å². The molecule has 0 heterocycles. The van der Waals surface area contributed by atoms with Crippen molar-refractivity contribution < 1.29 is 35.5 Å². The number of rotatable bonds is 7. The van der Waals surface area contributed by atoms with Gasteiger partial charge in [-0.3, -0.25) is 9.52 Å². The Bertz CT molecular complexity index is 1250. The molecule has 3 rings (SSSR count). The van der Waals surface area contributed by atoms with Crippen molar-refractivity contribution in [1.82, 2.24) is 0 Å². The minimum absolute atomic E-state index is 0.0139. The molecular weight excluding hydrogens is 488 g/mol. The molecular formula is C21H15ClF4N2O4S. The number of halogens is 5. The second kappa shape index (κ2) is 9.67. The molecule has 12 heteroatoms. The number of sulfonamides is 1. The van der Waals surface area contributed by atoms with Crippen molar-refractivity contribution in [2.24, 2.45) is 0 Å². The number of carbonyl (C=O) groups is 1. The highest BCUT2D eigenvalue weighted by Gasteiger charge is 2.30. The first-order valence-corrected chi connectivity index (χ1v) is 11.0. The van der Waals surface area contributed by atoms with Gasteiger partial charge >= 0.3 is 6.18 Å². The van der Waals surface area contributed by atoms with Crippen molar-refractivity contribution in [2.75, 3.05) is 16.6 Å². The molecule has 0 aliphatic rings. The first kappa shape index (κ1) is 24.3. The maximum Gasteiger partial charge on any atom is 0.416 e. The highest BCUT2D eigenvalue weighted by molar-refractivity contribution is 7.92. The van der Waals surface area contributed by atoms with Crippen molar-refractivity contribution in [1.29, 1.82) is 0 Å². The highest BCUT2D eigenvalue weighted by atomic mass is 35.5. The van der Waals surface area contributed by atoms with Gasteiger partial charge in [0.15, 0.2) is 6.61 Å². The van der Waals surface area contributed by atoms with Crippen LogP contribution in [0.25, 0.3) is 0 Å². The summed E-state index contributed by atoms with van der Waals surface area (Å²) in [4.78, 5) is 11.8. The molecule has 0 fully saturated rings. The Morgan fingerprint density at radius 2 is 1.55 bits per heavy atom. The summed E-state index contributed by atoms with van der Waals surface area (Å²) in [5.74, 6) is -1.18. The van der Waals surface area contributed by atoms with E-state index >= 15 is 0 Å². The van der Waals surface area contributed by atoms with Crippen molar-refractivity contribution in [3.05, 3.63) is 83.1 Å². The summed E-state index contributed by atoms with van der Waals surface area (Å²) in [7, 11) is -4.02. The number of anilines is 2. The maximum atomic E-state index is 13.0. The smallest absolute Gasteiger partial charge is 0.416 e. The van der Waals surface area contributed by atoms with E-state index in [4.69, 9.17) is 16.3 Å². The Labute approximate surface area is 191 Å². The lowest BCUT2D eigenvalue weighted by molar-refractivity contribution is -0.137. The molecule has 33 heavy (non-hydrogen) atoms. The molecule has 0 bridgehead atoms. The minimum atomic E-state index is -4.49. The van der Waals surface area contributed by atoms with E-state index in [2.05, 4.69) is 10.0 Å². The Balaban J connectivity index is 1.60. The lowest BCUT2D eigenvalue weighted by atomic mass is 10.2. The predicted molar refractivity (Wildman–Crippen MR) is 114 cm³/mol. The third-order valence-electron chi connectivity index (χ3n) is 4.16. The molecule has 0 saturated heterocycles. The van der Waals surface area contributed by atoms with Crippen LogP contribution in [0.5, 0.6) is 5.75 Å². The van der Waals surface area contributed by atoms with E-state index in [1.54, 1.807) is 0 Å². The summed E-state index contributed by atoms with van der Waals surface area (Å²) in [6.45, 7) is -0.527. The monoisotopic (exact) mass is 502 g/mol. The van der Waals surface area contributed by atoms with Gasteiger partial charge in [0.05, 0.1) is 15.5 Å². The van der Waals surface area contributed by atoms with E-state index in [0.717, 1.165) is 42.5 Å². The summed E-state index contributed by atoms with van der Waals surface area (Å²) < 4.78 is 83.2. The quantitative estimate of drug-likeness (QED) is 0.428. The fourth-order valence-electron chi connectivity index (χ4n) is 2.58. The zero-order valence-electron chi connectivity index (χ0n) is 16.5. The van der Waals surface area contributed by atoms with Crippen LogP contribution in [-0.4, -0.2) is 20.9 Å². The number of nitrogens with one attached hydrogen (secondary N) is 2. The summed E-state index contributed by atoms with van der Waals surface area (Å²) >= 11 is 6.06. The van der Waals surface area contributed by atoms with Gasteiger partial charge in [-0.05, 0) is 66.7 Å². The molecule has 0 aromatic heterocycles. The number of hydrogen-bond donors (Lipinski definition) is 2. The molecule has 0 aliphatic carbocycles. The number of alkyl halides is 3. The molecule has 0 spiro atoms. The third-order valence-corrected chi connectivity index (χ3v) is 5.84. The first-order chi connectivity index (χ1) is 15.4.